The van der Waals surface area contributed by atoms with Crippen molar-refractivity contribution in [3.8, 4) is 11.5 Å². The summed E-state index contributed by atoms with van der Waals surface area (Å²) >= 11 is 6.37. The Balaban J connectivity index is 1.64. The molecule has 0 spiro atoms. The first-order valence-electron chi connectivity index (χ1n) is 10.5. The molecule has 8 heteroatoms. The fraction of sp³-hybridized carbons (Fsp3) is 0.192. The lowest BCUT2D eigenvalue weighted by atomic mass is 10.1. The van der Waals surface area contributed by atoms with Gasteiger partial charge in [-0.1, -0.05) is 41.4 Å². The van der Waals surface area contributed by atoms with Gasteiger partial charge in [0.1, 0.15) is 0 Å². The first kappa shape index (κ1) is 24.8. The molecule has 3 aromatic rings. The third-order valence-electron chi connectivity index (χ3n) is 5.17. The van der Waals surface area contributed by atoms with Gasteiger partial charge in [0, 0.05) is 11.3 Å². The Hall–Kier alpha value is -3.84. The first-order valence-corrected chi connectivity index (χ1v) is 10.9. The normalized spacial score (nSPS) is 10.7. The summed E-state index contributed by atoms with van der Waals surface area (Å²) in [5.41, 5.74) is 7.41. The quantitative estimate of drug-likeness (QED) is 0.349. The second kappa shape index (κ2) is 11.3. The number of hydrogen-bond donors (Lipinski definition) is 2. The van der Waals surface area contributed by atoms with Crippen molar-refractivity contribution in [3.05, 3.63) is 87.4 Å². The van der Waals surface area contributed by atoms with Gasteiger partial charge in [-0.3, -0.25) is 9.59 Å². The molecule has 3 aromatic carbocycles. The van der Waals surface area contributed by atoms with E-state index in [-0.39, 0.29) is 29.2 Å². The Morgan fingerprint density at radius 3 is 2.50 bits per heavy atom. The number of aryl methyl sites for hydroxylation is 2. The molecule has 3 rings (SSSR count). The molecule has 0 heterocycles. The summed E-state index contributed by atoms with van der Waals surface area (Å²) in [6.45, 7) is 5.62. The number of nitrogens with one attached hydrogen (secondary N) is 2. The van der Waals surface area contributed by atoms with Gasteiger partial charge in [0.25, 0.3) is 11.8 Å². The van der Waals surface area contributed by atoms with E-state index in [1.807, 2.05) is 51.1 Å². The molecule has 0 saturated carbocycles. The van der Waals surface area contributed by atoms with Gasteiger partial charge in [0.15, 0.2) is 18.1 Å². The highest BCUT2D eigenvalue weighted by Gasteiger charge is 2.14. The Kier molecular flexibility index (Phi) is 8.27. The summed E-state index contributed by atoms with van der Waals surface area (Å²) in [5.74, 6) is -0.0835. The lowest BCUT2D eigenvalue weighted by molar-refractivity contribution is -0.118. The third kappa shape index (κ3) is 6.36. The molecular formula is C26H26ClN3O4. The average Bonchev–Trinajstić information content (AvgIpc) is 2.81. The van der Waals surface area contributed by atoms with E-state index in [0.717, 1.165) is 22.4 Å². The fourth-order valence-corrected chi connectivity index (χ4v) is 3.37. The fourth-order valence-electron chi connectivity index (χ4n) is 3.10. The minimum absolute atomic E-state index is 0.237. The maximum atomic E-state index is 12.4. The molecular weight excluding hydrogens is 454 g/mol. The van der Waals surface area contributed by atoms with Gasteiger partial charge in [-0.15, -0.1) is 0 Å². The number of rotatable bonds is 8. The smallest absolute Gasteiger partial charge is 0.271 e. The van der Waals surface area contributed by atoms with Crippen LogP contribution in [-0.4, -0.2) is 31.7 Å². The molecule has 2 amide bonds. The molecule has 176 valence electrons. The molecule has 0 bridgehead atoms. The highest BCUT2D eigenvalue weighted by molar-refractivity contribution is 6.32. The molecule has 0 fully saturated rings. The minimum Gasteiger partial charge on any atom is -0.493 e. The van der Waals surface area contributed by atoms with Crippen molar-refractivity contribution in [2.75, 3.05) is 19.0 Å². The number of carbonyl (C=O) groups is 2. The van der Waals surface area contributed by atoms with E-state index in [0.29, 0.717) is 16.9 Å². The van der Waals surface area contributed by atoms with Crippen LogP contribution in [0.25, 0.3) is 0 Å². The molecule has 0 aliphatic rings. The van der Waals surface area contributed by atoms with Crippen LogP contribution in [0, 0.1) is 20.8 Å². The van der Waals surface area contributed by atoms with E-state index < -0.39 is 0 Å². The summed E-state index contributed by atoms with van der Waals surface area (Å²) in [5, 5.41) is 7.06. The van der Waals surface area contributed by atoms with Gasteiger partial charge in [-0.2, -0.15) is 5.10 Å². The van der Waals surface area contributed by atoms with Crippen LogP contribution in [0.2, 0.25) is 5.02 Å². The molecule has 34 heavy (non-hydrogen) atoms. The zero-order valence-corrected chi connectivity index (χ0v) is 20.2. The predicted octanol–water partition coefficient (Wildman–Crippen LogP) is 5.06. The van der Waals surface area contributed by atoms with Gasteiger partial charge in [-0.25, -0.2) is 5.43 Å². The molecule has 7 nitrogen and oxygen atoms in total. The number of halogens is 1. The van der Waals surface area contributed by atoms with Crippen molar-refractivity contribution >= 4 is 35.3 Å². The van der Waals surface area contributed by atoms with E-state index in [9.17, 15) is 9.59 Å². The number of hydrogen-bond acceptors (Lipinski definition) is 5. The molecule has 0 aliphatic heterocycles. The van der Waals surface area contributed by atoms with Crippen LogP contribution in [0.5, 0.6) is 11.5 Å². The minimum atomic E-state index is -0.330. The molecule has 0 aliphatic carbocycles. The van der Waals surface area contributed by atoms with Crippen LogP contribution in [0.15, 0.2) is 59.7 Å². The van der Waals surface area contributed by atoms with Crippen molar-refractivity contribution < 1.29 is 19.1 Å². The lowest BCUT2D eigenvalue weighted by Crippen LogP contribution is -2.21. The van der Waals surface area contributed by atoms with Gasteiger partial charge >= 0.3 is 0 Å². The number of hydrazone groups is 1. The number of anilines is 1. The van der Waals surface area contributed by atoms with E-state index in [1.54, 1.807) is 24.3 Å². The second-order valence-electron chi connectivity index (χ2n) is 7.68. The van der Waals surface area contributed by atoms with Gasteiger partial charge < -0.3 is 14.8 Å². The van der Waals surface area contributed by atoms with Crippen LogP contribution in [0.4, 0.5) is 5.69 Å². The van der Waals surface area contributed by atoms with Crippen molar-refractivity contribution in [2.45, 2.75) is 20.8 Å². The maximum Gasteiger partial charge on any atom is 0.271 e. The average molecular weight is 480 g/mol. The van der Waals surface area contributed by atoms with Gasteiger partial charge in [-0.05, 0) is 67.8 Å². The highest BCUT2D eigenvalue weighted by Crippen LogP contribution is 2.36. The molecule has 0 unspecified atom stereocenters. The second-order valence-corrected chi connectivity index (χ2v) is 8.09. The number of ether oxygens (including phenoxy) is 2. The SMILES string of the molecule is COc1cc(/C=N/NC(=O)c2ccc(C)cc2)cc(Cl)c1OCC(=O)Nc1cccc(C)c1C. The molecule has 0 aromatic heterocycles. The molecule has 0 saturated heterocycles. The zero-order chi connectivity index (χ0) is 24.7. The summed E-state index contributed by atoms with van der Waals surface area (Å²) in [4.78, 5) is 24.6. The van der Waals surface area contributed by atoms with Crippen molar-refractivity contribution in [1.29, 1.82) is 0 Å². The van der Waals surface area contributed by atoms with Crippen molar-refractivity contribution in [3.63, 3.8) is 0 Å². The van der Waals surface area contributed by atoms with Crippen LogP contribution in [0.1, 0.15) is 32.6 Å². The Labute approximate surface area is 203 Å². The zero-order valence-electron chi connectivity index (χ0n) is 19.4. The highest BCUT2D eigenvalue weighted by atomic mass is 35.5. The van der Waals surface area contributed by atoms with E-state index in [2.05, 4.69) is 15.8 Å². The summed E-state index contributed by atoms with van der Waals surface area (Å²) in [6, 6.07) is 16.1. The predicted molar refractivity (Wildman–Crippen MR) is 134 cm³/mol. The topological polar surface area (TPSA) is 89.0 Å². The largest absolute Gasteiger partial charge is 0.493 e. The summed E-state index contributed by atoms with van der Waals surface area (Å²) in [7, 11) is 1.47. The Morgan fingerprint density at radius 1 is 1.06 bits per heavy atom. The van der Waals surface area contributed by atoms with E-state index in [4.69, 9.17) is 21.1 Å². The van der Waals surface area contributed by atoms with Crippen LogP contribution in [-0.2, 0) is 4.79 Å². The van der Waals surface area contributed by atoms with Crippen LogP contribution >= 0.6 is 11.6 Å². The number of amides is 2. The number of benzene rings is 3. The maximum absolute atomic E-state index is 12.4. The van der Waals surface area contributed by atoms with Gasteiger partial charge in [0.05, 0.1) is 18.3 Å². The number of carbonyl (C=O) groups excluding carboxylic acids is 2. The van der Waals surface area contributed by atoms with Crippen LogP contribution in [0.3, 0.4) is 0 Å². The summed E-state index contributed by atoms with van der Waals surface area (Å²) in [6.07, 6.45) is 1.44. The molecule has 2 N–H and O–H groups in total. The van der Waals surface area contributed by atoms with E-state index in [1.165, 1.54) is 13.3 Å². The monoisotopic (exact) mass is 479 g/mol. The van der Waals surface area contributed by atoms with E-state index >= 15 is 0 Å². The Morgan fingerprint density at radius 2 is 1.79 bits per heavy atom. The first-order chi connectivity index (χ1) is 16.3. The van der Waals surface area contributed by atoms with Crippen molar-refractivity contribution in [1.82, 2.24) is 5.43 Å². The van der Waals surface area contributed by atoms with Crippen LogP contribution < -0.4 is 20.2 Å². The number of nitrogens with zero attached hydrogens (tertiary/aromatic N) is 1. The Bertz CT molecular complexity index is 1220. The molecule has 0 radical (unpaired) electrons. The molecule has 0 atom stereocenters. The standard InChI is InChI=1S/C26H26ClN3O4/c1-16-8-10-20(11-9-16)26(32)30-28-14-19-12-21(27)25(23(13-19)33-4)34-15-24(31)29-22-7-5-6-17(2)18(22)3/h5-14H,15H2,1-4H3,(H,29,31)(H,30,32)/b28-14+. The number of methoxy groups -OCH3 is 1. The van der Waals surface area contributed by atoms with Gasteiger partial charge in [0.2, 0.25) is 0 Å². The summed E-state index contributed by atoms with van der Waals surface area (Å²) < 4.78 is 11.0. The third-order valence-corrected chi connectivity index (χ3v) is 5.45. The van der Waals surface area contributed by atoms with Crippen molar-refractivity contribution in [2.24, 2.45) is 5.10 Å². The lowest BCUT2D eigenvalue weighted by Gasteiger charge is -2.14.